The molecule has 86 valence electrons. The molecule has 3 nitrogen and oxygen atoms in total. The first kappa shape index (κ1) is 11.8. The van der Waals surface area contributed by atoms with Crippen molar-refractivity contribution in [2.75, 3.05) is 5.32 Å². The van der Waals surface area contributed by atoms with Crippen molar-refractivity contribution in [3.05, 3.63) is 52.5 Å². The Morgan fingerprint density at radius 3 is 2.94 bits per heavy atom. The van der Waals surface area contributed by atoms with E-state index >= 15 is 0 Å². The number of nitrogens with zero attached hydrogens (tertiary/aromatic N) is 1. The fraction of sp³-hybridized carbons (Fsp3) is 0. The molecule has 0 aliphatic carbocycles. The number of anilines is 1. The van der Waals surface area contributed by atoms with Crippen LogP contribution in [-0.2, 0) is 4.79 Å². The molecule has 0 saturated heterocycles. The normalized spacial score (nSPS) is 10.6. The van der Waals surface area contributed by atoms with Gasteiger partial charge in [-0.3, -0.25) is 10.1 Å². The number of halogens is 1. The van der Waals surface area contributed by atoms with E-state index in [1.165, 1.54) is 17.4 Å². The molecule has 0 aliphatic heterocycles. The second kappa shape index (κ2) is 5.61. The van der Waals surface area contributed by atoms with Crippen molar-refractivity contribution in [3.8, 4) is 0 Å². The van der Waals surface area contributed by atoms with Crippen LogP contribution in [0.25, 0.3) is 6.08 Å². The smallest absolute Gasteiger partial charge is 0.250 e. The summed E-state index contributed by atoms with van der Waals surface area (Å²) in [6, 6.07) is 7.33. The first-order valence-corrected chi connectivity index (χ1v) is 6.14. The fourth-order valence-corrected chi connectivity index (χ4v) is 1.94. The van der Waals surface area contributed by atoms with Crippen LogP contribution in [-0.4, -0.2) is 10.9 Å². The third-order valence-electron chi connectivity index (χ3n) is 1.98. The average Bonchev–Trinajstić information content (AvgIpc) is 2.81. The fourth-order valence-electron chi connectivity index (χ4n) is 1.21. The highest BCUT2D eigenvalue weighted by Crippen LogP contribution is 2.16. The predicted octanol–water partition coefficient (Wildman–Crippen LogP) is 3.45. The largest absolute Gasteiger partial charge is 0.298 e. The number of thiazole rings is 1. The predicted molar refractivity (Wildman–Crippen MR) is 71.2 cm³/mol. The topological polar surface area (TPSA) is 42.0 Å². The van der Waals surface area contributed by atoms with E-state index < -0.39 is 0 Å². The lowest BCUT2D eigenvalue weighted by Crippen LogP contribution is -2.07. The second-order valence-corrected chi connectivity index (χ2v) is 4.48. The molecule has 2 aromatic rings. The highest BCUT2D eigenvalue weighted by molar-refractivity contribution is 7.13. The van der Waals surface area contributed by atoms with Crippen molar-refractivity contribution in [3.63, 3.8) is 0 Å². The Balaban J connectivity index is 2.01. The van der Waals surface area contributed by atoms with Crippen LogP contribution in [0.5, 0.6) is 0 Å². The number of hydrogen-bond acceptors (Lipinski definition) is 3. The van der Waals surface area contributed by atoms with Crippen molar-refractivity contribution in [1.82, 2.24) is 4.98 Å². The zero-order valence-electron chi connectivity index (χ0n) is 8.76. The quantitative estimate of drug-likeness (QED) is 0.863. The molecule has 0 spiro atoms. The van der Waals surface area contributed by atoms with Gasteiger partial charge in [-0.1, -0.05) is 29.8 Å². The molecular weight excluding hydrogens is 256 g/mol. The molecule has 1 aromatic heterocycles. The highest BCUT2D eigenvalue weighted by Gasteiger charge is 2.00. The summed E-state index contributed by atoms with van der Waals surface area (Å²) in [5.74, 6) is -0.222. The highest BCUT2D eigenvalue weighted by atomic mass is 35.5. The monoisotopic (exact) mass is 264 g/mol. The van der Waals surface area contributed by atoms with E-state index in [4.69, 9.17) is 11.6 Å². The third-order valence-corrected chi connectivity index (χ3v) is 3.01. The van der Waals surface area contributed by atoms with Gasteiger partial charge >= 0.3 is 0 Å². The van der Waals surface area contributed by atoms with Crippen molar-refractivity contribution >= 4 is 40.1 Å². The van der Waals surface area contributed by atoms with Crippen LogP contribution in [0, 0.1) is 0 Å². The lowest BCUT2D eigenvalue weighted by Gasteiger charge is -1.97. The molecule has 0 saturated carbocycles. The van der Waals surface area contributed by atoms with Gasteiger partial charge in [-0.15, -0.1) is 11.3 Å². The Labute approximate surface area is 108 Å². The molecule has 0 aliphatic rings. The first-order valence-electron chi connectivity index (χ1n) is 4.89. The molecule has 0 bridgehead atoms. The van der Waals surface area contributed by atoms with Gasteiger partial charge in [0.25, 0.3) is 0 Å². The molecule has 1 amide bonds. The van der Waals surface area contributed by atoms with Crippen molar-refractivity contribution in [2.24, 2.45) is 0 Å². The van der Waals surface area contributed by atoms with E-state index in [2.05, 4.69) is 10.3 Å². The van der Waals surface area contributed by atoms with E-state index in [1.807, 2.05) is 18.2 Å². The Morgan fingerprint density at radius 1 is 1.41 bits per heavy atom. The zero-order chi connectivity index (χ0) is 12.1. The molecule has 5 heteroatoms. The molecule has 1 aromatic carbocycles. The summed E-state index contributed by atoms with van der Waals surface area (Å²) in [7, 11) is 0. The number of rotatable bonds is 3. The van der Waals surface area contributed by atoms with Crippen LogP contribution in [0.4, 0.5) is 5.13 Å². The number of amides is 1. The van der Waals surface area contributed by atoms with Crippen LogP contribution in [0.3, 0.4) is 0 Å². The van der Waals surface area contributed by atoms with Crippen LogP contribution in [0.1, 0.15) is 5.56 Å². The number of carbonyl (C=O) groups is 1. The van der Waals surface area contributed by atoms with Crippen LogP contribution >= 0.6 is 22.9 Å². The summed E-state index contributed by atoms with van der Waals surface area (Å²) < 4.78 is 0. The number of aromatic nitrogens is 1. The number of nitrogens with one attached hydrogen (secondary N) is 1. The van der Waals surface area contributed by atoms with Gasteiger partial charge in [0.15, 0.2) is 5.13 Å². The average molecular weight is 265 g/mol. The van der Waals surface area contributed by atoms with E-state index in [0.717, 1.165) is 5.56 Å². The zero-order valence-corrected chi connectivity index (χ0v) is 10.3. The van der Waals surface area contributed by atoms with Crippen LogP contribution in [0.2, 0.25) is 5.02 Å². The molecular formula is C12H9ClN2OS. The van der Waals surface area contributed by atoms with Gasteiger partial charge in [0.05, 0.1) is 0 Å². The molecule has 1 heterocycles. The lowest BCUT2D eigenvalue weighted by molar-refractivity contribution is -0.111. The minimum Gasteiger partial charge on any atom is -0.298 e. The molecule has 2 rings (SSSR count). The van der Waals surface area contributed by atoms with Gasteiger partial charge in [-0.2, -0.15) is 0 Å². The van der Waals surface area contributed by atoms with Crippen LogP contribution in [0.15, 0.2) is 41.9 Å². The van der Waals surface area contributed by atoms with E-state index in [-0.39, 0.29) is 5.91 Å². The standard InChI is InChI=1S/C12H9ClN2OS/c13-10-4-2-1-3-9(10)5-6-11(16)15-12-14-7-8-17-12/h1-8H,(H,14,15,16)/b6-5+. The van der Waals surface area contributed by atoms with E-state index in [9.17, 15) is 4.79 Å². The SMILES string of the molecule is O=C(/C=C/c1ccccc1Cl)Nc1nccs1. The summed E-state index contributed by atoms with van der Waals surface area (Å²) >= 11 is 7.33. The number of carbonyl (C=O) groups excluding carboxylic acids is 1. The van der Waals surface area contributed by atoms with E-state index in [1.54, 1.807) is 23.7 Å². The lowest BCUT2D eigenvalue weighted by atomic mass is 10.2. The maximum absolute atomic E-state index is 11.5. The minimum atomic E-state index is -0.222. The molecule has 17 heavy (non-hydrogen) atoms. The first-order chi connectivity index (χ1) is 8.25. The maximum Gasteiger partial charge on any atom is 0.250 e. The van der Waals surface area contributed by atoms with Gasteiger partial charge < -0.3 is 0 Å². The third kappa shape index (κ3) is 3.41. The summed E-state index contributed by atoms with van der Waals surface area (Å²) in [6.45, 7) is 0. The second-order valence-electron chi connectivity index (χ2n) is 3.18. The van der Waals surface area contributed by atoms with Gasteiger partial charge in [-0.25, -0.2) is 4.98 Å². The number of hydrogen-bond donors (Lipinski definition) is 1. The summed E-state index contributed by atoms with van der Waals surface area (Å²) in [4.78, 5) is 15.5. The molecule has 0 unspecified atom stereocenters. The van der Waals surface area contributed by atoms with Crippen molar-refractivity contribution in [1.29, 1.82) is 0 Å². The summed E-state index contributed by atoms with van der Waals surface area (Å²) in [6.07, 6.45) is 4.74. The van der Waals surface area contributed by atoms with Crippen molar-refractivity contribution < 1.29 is 4.79 Å². The van der Waals surface area contributed by atoms with Gasteiger partial charge in [0.1, 0.15) is 0 Å². The molecule has 0 fully saturated rings. The van der Waals surface area contributed by atoms with Crippen LogP contribution < -0.4 is 5.32 Å². The summed E-state index contributed by atoms with van der Waals surface area (Å²) in [5.41, 5.74) is 0.809. The molecule has 0 radical (unpaired) electrons. The van der Waals surface area contributed by atoms with Gasteiger partial charge in [0, 0.05) is 22.7 Å². The molecule has 0 atom stereocenters. The Morgan fingerprint density at radius 2 is 2.24 bits per heavy atom. The van der Waals surface area contributed by atoms with Gasteiger partial charge in [0.2, 0.25) is 5.91 Å². The Hall–Kier alpha value is -1.65. The maximum atomic E-state index is 11.5. The summed E-state index contributed by atoms with van der Waals surface area (Å²) in [5, 5.41) is 5.65. The Bertz CT molecular complexity index is 537. The van der Waals surface area contributed by atoms with Crippen molar-refractivity contribution in [2.45, 2.75) is 0 Å². The van der Waals surface area contributed by atoms with E-state index in [0.29, 0.717) is 10.2 Å². The number of benzene rings is 1. The Kier molecular flexibility index (Phi) is 3.90. The molecule has 1 N–H and O–H groups in total. The van der Waals surface area contributed by atoms with Gasteiger partial charge in [-0.05, 0) is 17.7 Å². The minimum absolute atomic E-state index is 0.222.